The SMILES string of the molecule is CCNc1ccn(C(C)C)c(=O)n1. The van der Waals surface area contributed by atoms with Crippen LogP contribution in [0.4, 0.5) is 5.82 Å². The molecule has 1 aromatic rings. The average Bonchev–Trinajstić information content (AvgIpc) is 2.04. The highest BCUT2D eigenvalue weighted by Gasteiger charge is 2.01. The van der Waals surface area contributed by atoms with Crippen molar-refractivity contribution in [3.8, 4) is 0 Å². The predicted molar refractivity (Wildman–Crippen MR) is 53.0 cm³/mol. The van der Waals surface area contributed by atoms with Gasteiger partial charge in [0.1, 0.15) is 5.82 Å². The largest absolute Gasteiger partial charge is 0.370 e. The number of nitrogens with one attached hydrogen (secondary N) is 1. The van der Waals surface area contributed by atoms with Gasteiger partial charge in [0, 0.05) is 18.8 Å². The second-order valence-electron chi connectivity index (χ2n) is 3.13. The van der Waals surface area contributed by atoms with Crippen LogP contribution in [0.2, 0.25) is 0 Å². The molecule has 0 atom stereocenters. The van der Waals surface area contributed by atoms with Crippen LogP contribution in [0.25, 0.3) is 0 Å². The van der Waals surface area contributed by atoms with Crippen LogP contribution >= 0.6 is 0 Å². The van der Waals surface area contributed by atoms with Crippen LogP contribution in [-0.2, 0) is 0 Å². The van der Waals surface area contributed by atoms with Crippen molar-refractivity contribution in [1.82, 2.24) is 9.55 Å². The van der Waals surface area contributed by atoms with Gasteiger partial charge in [-0.2, -0.15) is 4.98 Å². The van der Waals surface area contributed by atoms with Gasteiger partial charge in [-0.3, -0.25) is 4.57 Å². The zero-order valence-corrected chi connectivity index (χ0v) is 8.24. The third kappa shape index (κ3) is 2.31. The van der Waals surface area contributed by atoms with Crippen molar-refractivity contribution in [3.63, 3.8) is 0 Å². The average molecular weight is 181 g/mol. The van der Waals surface area contributed by atoms with Crippen molar-refractivity contribution in [2.45, 2.75) is 26.8 Å². The lowest BCUT2D eigenvalue weighted by Crippen LogP contribution is -2.24. The van der Waals surface area contributed by atoms with E-state index in [0.717, 1.165) is 6.54 Å². The van der Waals surface area contributed by atoms with E-state index in [-0.39, 0.29) is 11.7 Å². The summed E-state index contributed by atoms with van der Waals surface area (Å²) < 4.78 is 1.60. The smallest absolute Gasteiger partial charge is 0.349 e. The van der Waals surface area contributed by atoms with Crippen molar-refractivity contribution in [3.05, 3.63) is 22.7 Å². The first kappa shape index (κ1) is 9.77. The summed E-state index contributed by atoms with van der Waals surface area (Å²) in [6.07, 6.45) is 1.76. The number of hydrogen-bond acceptors (Lipinski definition) is 3. The molecule has 4 nitrogen and oxygen atoms in total. The third-order valence-electron chi connectivity index (χ3n) is 1.74. The van der Waals surface area contributed by atoms with Gasteiger partial charge < -0.3 is 5.32 Å². The number of nitrogens with zero attached hydrogens (tertiary/aromatic N) is 2. The fourth-order valence-corrected chi connectivity index (χ4v) is 1.09. The van der Waals surface area contributed by atoms with Crippen molar-refractivity contribution in [2.24, 2.45) is 0 Å². The van der Waals surface area contributed by atoms with Crippen molar-refractivity contribution in [2.75, 3.05) is 11.9 Å². The maximum absolute atomic E-state index is 11.4. The quantitative estimate of drug-likeness (QED) is 0.763. The Morgan fingerprint density at radius 2 is 2.31 bits per heavy atom. The molecule has 0 amide bonds. The standard InChI is InChI=1S/C9H15N3O/c1-4-10-8-5-6-12(7(2)3)9(13)11-8/h5-7H,4H2,1-3H3,(H,10,11,13). The summed E-state index contributed by atoms with van der Waals surface area (Å²) in [5.41, 5.74) is -0.201. The molecule has 1 heterocycles. The van der Waals surface area contributed by atoms with E-state index in [9.17, 15) is 4.79 Å². The molecule has 13 heavy (non-hydrogen) atoms. The topological polar surface area (TPSA) is 46.9 Å². The van der Waals surface area contributed by atoms with Gasteiger partial charge in [0.2, 0.25) is 0 Å². The van der Waals surface area contributed by atoms with E-state index < -0.39 is 0 Å². The van der Waals surface area contributed by atoms with E-state index in [1.165, 1.54) is 0 Å². The Morgan fingerprint density at radius 1 is 1.62 bits per heavy atom. The van der Waals surface area contributed by atoms with Crippen LogP contribution in [0, 0.1) is 0 Å². The van der Waals surface area contributed by atoms with Crippen LogP contribution in [0.15, 0.2) is 17.1 Å². The molecular weight excluding hydrogens is 166 g/mol. The number of aromatic nitrogens is 2. The van der Waals surface area contributed by atoms with Crippen LogP contribution in [0.1, 0.15) is 26.8 Å². The molecule has 0 saturated heterocycles. The number of hydrogen-bond donors (Lipinski definition) is 1. The molecule has 0 spiro atoms. The summed E-state index contributed by atoms with van der Waals surface area (Å²) in [6.45, 7) is 6.65. The van der Waals surface area contributed by atoms with Gasteiger partial charge in [-0.15, -0.1) is 0 Å². The fraction of sp³-hybridized carbons (Fsp3) is 0.556. The summed E-state index contributed by atoms with van der Waals surface area (Å²) >= 11 is 0. The van der Waals surface area contributed by atoms with Gasteiger partial charge in [-0.05, 0) is 26.8 Å². The lowest BCUT2D eigenvalue weighted by Gasteiger charge is -2.09. The van der Waals surface area contributed by atoms with E-state index in [2.05, 4.69) is 10.3 Å². The molecule has 0 aliphatic heterocycles. The Hall–Kier alpha value is -1.32. The fourth-order valence-electron chi connectivity index (χ4n) is 1.09. The van der Waals surface area contributed by atoms with Crippen LogP contribution in [0.5, 0.6) is 0 Å². The molecular formula is C9H15N3O. The molecule has 0 aliphatic carbocycles. The Bertz CT molecular complexity index is 330. The monoisotopic (exact) mass is 181 g/mol. The van der Waals surface area contributed by atoms with Gasteiger partial charge in [0.15, 0.2) is 0 Å². The maximum Gasteiger partial charge on any atom is 0.349 e. The predicted octanol–water partition coefficient (Wildman–Crippen LogP) is 1.26. The van der Waals surface area contributed by atoms with Crippen molar-refractivity contribution >= 4 is 5.82 Å². The lowest BCUT2D eigenvalue weighted by molar-refractivity contribution is 0.564. The molecule has 0 radical (unpaired) electrons. The van der Waals surface area contributed by atoms with E-state index >= 15 is 0 Å². The number of rotatable bonds is 3. The zero-order chi connectivity index (χ0) is 9.84. The normalized spacial score (nSPS) is 10.5. The van der Waals surface area contributed by atoms with Crippen LogP contribution < -0.4 is 11.0 Å². The molecule has 0 bridgehead atoms. The Labute approximate surface area is 77.6 Å². The molecule has 4 heteroatoms. The molecule has 72 valence electrons. The minimum Gasteiger partial charge on any atom is -0.370 e. The van der Waals surface area contributed by atoms with Gasteiger partial charge in [-0.1, -0.05) is 0 Å². The molecule has 1 N–H and O–H groups in total. The third-order valence-corrected chi connectivity index (χ3v) is 1.74. The lowest BCUT2D eigenvalue weighted by atomic mass is 10.4. The van der Waals surface area contributed by atoms with Gasteiger partial charge >= 0.3 is 5.69 Å². The zero-order valence-electron chi connectivity index (χ0n) is 8.24. The Kier molecular flexibility index (Phi) is 3.06. The maximum atomic E-state index is 11.4. The number of anilines is 1. The summed E-state index contributed by atoms with van der Waals surface area (Å²) in [5, 5.41) is 2.99. The molecule has 0 fully saturated rings. The molecule has 0 aromatic carbocycles. The molecule has 1 aromatic heterocycles. The Balaban J connectivity index is 2.99. The van der Waals surface area contributed by atoms with Crippen LogP contribution in [0.3, 0.4) is 0 Å². The van der Waals surface area contributed by atoms with E-state index in [0.29, 0.717) is 5.82 Å². The molecule has 1 rings (SSSR count). The van der Waals surface area contributed by atoms with Gasteiger partial charge in [0.05, 0.1) is 0 Å². The van der Waals surface area contributed by atoms with Crippen molar-refractivity contribution in [1.29, 1.82) is 0 Å². The second kappa shape index (κ2) is 4.07. The summed E-state index contributed by atoms with van der Waals surface area (Å²) in [4.78, 5) is 15.2. The molecule has 0 unspecified atom stereocenters. The first-order valence-electron chi connectivity index (χ1n) is 4.48. The molecule has 0 saturated carbocycles. The van der Waals surface area contributed by atoms with E-state index in [1.54, 1.807) is 10.8 Å². The van der Waals surface area contributed by atoms with Crippen LogP contribution in [-0.4, -0.2) is 16.1 Å². The van der Waals surface area contributed by atoms with Gasteiger partial charge in [0.25, 0.3) is 0 Å². The summed E-state index contributed by atoms with van der Waals surface area (Å²) in [7, 11) is 0. The highest BCUT2D eigenvalue weighted by atomic mass is 16.1. The minimum absolute atomic E-state index is 0.163. The first-order chi connectivity index (χ1) is 6.15. The summed E-state index contributed by atoms with van der Waals surface area (Å²) in [5.74, 6) is 0.643. The first-order valence-corrected chi connectivity index (χ1v) is 4.48. The Morgan fingerprint density at radius 3 is 2.77 bits per heavy atom. The van der Waals surface area contributed by atoms with E-state index in [4.69, 9.17) is 0 Å². The van der Waals surface area contributed by atoms with Gasteiger partial charge in [-0.25, -0.2) is 4.79 Å². The minimum atomic E-state index is -0.201. The van der Waals surface area contributed by atoms with E-state index in [1.807, 2.05) is 26.8 Å². The highest BCUT2D eigenvalue weighted by Crippen LogP contribution is 2.01. The van der Waals surface area contributed by atoms with Crippen molar-refractivity contribution < 1.29 is 0 Å². The summed E-state index contributed by atoms with van der Waals surface area (Å²) in [6, 6.07) is 1.97. The molecule has 0 aliphatic rings. The second-order valence-corrected chi connectivity index (χ2v) is 3.13. The highest BCUT2D eigenvalue weighted by molar-refractivity contribution is 5.31.